The Bertz CT molecular complexity index is 1240. The van der Waals surface area contributed by atoms with Crippen LogP contribution in [0.25, 0.3) is 0 Å². The zero-order valence-corrected chi connectivity index (χ0v) is 18.6. The molecule has 0 saturated heterocycles. The van der Waals surface area contributed by atoms with Crippen molar-refractivity contribution in [1.29, 1.82) is 0 Å². The molecule has 0 aliphatic heterocycles. The number of nitrogens with one attached hydrogen (secondary N) is 3. The minimum atomic E-state index is -4.72. The summed E-state index contributed by atoms with van der Waals surface area (Å²) in [5.74, 6) is 0. The van der Waals surface area contributed by atoms with Crippen LogP contribution in [-0.4, -0.2) is 19.4 Å². The predicted octanol–water partition coefficient (Wildman–Crippen LogP) is 5.44. The van der Waals surface area contributed by atoms with Crippen LogP contribution in [0, 0.1) is 0 Å². The maximum Gasteiger partial charge on any atom is 0.416 e. The van der Waals surface area contributed by atoms with Gasteiger partial charge in [0.05, 0.1) is 16.6 Å². The van der Waals surface area contributed by atoms with E-state index in [1.54, 1.807) is 25.4 Å². The fraction of sp³-hybridized carbons (Fsp3) is 0.143. The minimum Gasteiger partial charge on any atom is -0.331 e. The second-order valence-corrected chi connectivity index (χ2v) is 8.99. The van der Waals surface area contributed by atoms with Crippen LogP contribution in [-0.2, 0) is 16.2 Å². The molecule has 0 fully saturated rings. The Kier molecular flexibility index (Phi) is 7.13. The highest BCUT2D eigenvalue weighted by Crippen LogP contribution is 2.34. The molecule has 33 heavy (non-hydrogen) atoms. The average molecular weight is 499 g/mol. The van der Waals surface area contributed by atoms with E-state index in [-0.39, 0.29) is 16.8 Å². The summed E-state index contributed by atoms with van der Waals surface area (Å²) in [6.07, 6.45) is -1.48. The molecule has 0 spiro atoms. The van der Waals surface area contributed by atoms with Gasteiger partial charge in [0.15, 0.2) is 0 Å². The second kappa shape index (κ2) is 9.67. The van der Waals surface area contributed by atoms with Crippen molar-refractivity contribution in [3.8, 4) is 0 Å². The molecule has 2 aromatic carbocycles. The van der Waals surface area contributed by atoms with Crippen LogP contribution in [0.2, 0.25) is 5.02 Å². The quantitative estimate of drug-likeness (QED) is 0.421. The molecule has 1 atom stereocenters. The van der Waals surface area contributed by atoms with E-state index in [4.69, 9.17) is 11.6 Å². The lowest BCUT2D eigenvalue weighted by Crippen LogP contribution is -2.31. The molecule has 0 saturated carbocycles. The van der Waals surface area contributed by atoms with E-state index in [9.17, 15) is 26.4 Å². The Morgan fingerprint density at radius 3 is 2.33 bits per heavy atom. The third-order valence-corrected chi connectivity index (χ3v) is 6.34. The molecular weight excluding hydrogens is 481 g/mol. The normalized spacial score (nSPS) is 12.6. The Hall–Kier alpha value is -3.31. The number of anilines is 2. The molecule has 7 nitrogen and oxygen atoms in total. The van der Waals surface area contributed by atoms with Crippen LogP contribution in [0.3, 0.4) is 0 Å². The second-order valence-electron chi connectivity index (χ2n) is 6.93. The number of aromatic nitrogens is 1. The number of hydrogen-bond donors (Lipinski definition) is 3. The molecule has 0 bridgehead atoms. The fourth-order valence-electron chi connectivity index (χ4n) is 2.80. The Morgan fingerprint density at radius 1 is 1.06 bits per heavy atom. The number of halogens is 4. The first-order valence-corrected chi connectivity index (χ1v) is 11.3. The summed E-state index contributed by atoms with van der Waals surface area (Å²) in [7, 11) is -4.40. The Morgan fingerprint density at radius 2 is 1.73 bits per heavy atom. The lowest BCUT2D eigenvalue weighted by atomic mass is 10.1. The van der Waals surface area contributed by atoms with Gasteiger partial charge in [0, 0.05) is 23.8 Å². The van der Waals surface area contributed by atoms with Crippen molar-refractivity contribution < 1.29 is 26.4 Å². The summed E-state index contributed by atoms with van der Waals surface area (Å²) in [4.78, 5) is 15.5. The van der Waals surface area contributed by atoms with E-state index in [1.807, 2.05) is 6.07 Å². The minimum absolute atomic E-state index is 0.0677. The van der Waals surface area contributed by atoms with Crippen molar-refractivity contribution in [2.45, 2.75) is 24.0 Å². The zero-order chi connectivity index (χ0) is 24.2. The van der Waals surface area contributed by atoms with Gasteiger partial charge in [-0.15, -0.1) is 0 Å². The molecule has 12 heteroatoms. The van der Waals surface area contributed by atoms with Crippen LogP contribution < -0.4 is 15.4 Å². The van der Waals surface area contributed by atoms with Gasteiger partial charge in [0.25, 0.3) is 10.0 Å². The molecule has 3 rings (SSSR count). The van der Waals surface area contributed by atoms with Crippen molar-refractivity contribution in [1.82, 2.24) is 10.3 Å². The largest absolute Gasteiger partial charge is 0.416 e. The first kappa shape index (κ1) is 24.3. The van der Waals surface area contributed by atoms with Crippen LogP contribution in [0.15, 0.2) is 71.9 Å². The number of urea groups is 1. The number of carbonyl (C=O) groups is 1. The number of carbonyl (C=O) groups excluding carboxylic acids is 1. The van der Waals surface area contributed by atoms with E-state index in [1.165, 1.54) is 24.3 Å². The van der Waals surface area contributed by atoms with Crippen molar-refractivity contribution >= 4 is 39.0 Å². The van der Waals surface area contributed by atoms with Gasteiger partial charge in [-0.25, -0.2) is 13.2 Å². The van der Waals surface area contributed by atoms with E-state index in [2.05, 4.69) is 20.3 Å². The molecule has 3 N–H and O–H groups in total. The molecule has 1 aromatic heterocycles. The molecule has 1 unspecified atom stereocenters. The highest BCUT2D eigenvalue weighted by Gasteiger charge is 2.32. The van der Waals surface area contributed by atoms with Gasteiger partial charge >= 0.3 is 12.2 Å². The number of hydrogen-bond acceptors (Lipinski definition) is 4. The van der Waals surface area contributed by atoms with E-state index < -0.39 is 32.7 Å². The summed E-state index contributed by atoms with van der Waals surface area (Å²) < 4.78 is 66.1. The van der Waals surface area contributed by atoms with Crippen LogP contribution in [0.1, 0.15) is 24.1 Å². The number of sulfonamides is 1. The monoisotopic (exact) mass is 498 g/mol. The lowest BCUT2D eigenvalue weighted by Gasteiger charge is -2.15. The number of alkyl halides is 3. The lowest BCUT2D eigenvalue weighted by molar-refractivity contribution is -0.137. The zero-order valence-electron chi connectivity index (χ0n) is 17.0. The van der Waals surface area contributed by atoms with Crippen molar-refractivity contribution in [2.75, 3.05) is 10.0 Å². The van der Waals surface area contributed by atoms with Crippen LogP contribution in [0.5, 0.6) is 0 Å². The number of nitrogens with zero attached hydrogens (tertiary/aromatic N) is 1. The van der Waals surface area contributed by atoms with Gasteiger partial charge in [-0.1, -0.05) is 17.7 Å². The van der Waals surface area contributed by atoms with E-state index in [0.717, 1.165) is 11.6 Å². The molecule has 3 aromatic rings. The molecule has 0 aliphatic carbocycles. The van der Waals surface area contributed by atoms with Crippen LogP contribution in [0.4, 0.5) is 29.3 Å². The summed E-state index contributed by atoms with van der Waals surface area (Å²) in [6.45, 7) is 1.79. The number of pyridine rings is 1. The van der Waals surface area contributed by atoms with Crippen molar-refractivity contribution in [2.24, 2.45) is 0 Å². The summed E-state index contributed by atoms with van der Waals surface area (Å²) >= 11 is 5.82. The average Bonchev–Trinajstić information content (AvgIpc) is 2.75. The fourth-order valence-corrected chi connectivity index (χ4v) is 4.38. The molecule has 1 heterocycles. The molecular formula is C21H18ClF3N4O3S. The predicted molar refractivity (Wildman–Crippen MR) is 119 cm³/mol. The number of rotatable bonds is 6. The maximum atomic E-state index is 12.9. The number of amides is 2. The summed E-state index contributed by atoms with van der Waals surface area (Å²) in [5.41, 5.74) is 0.105. The van der Waals surface area contributed by atoms with E-state index in [0.29, 0.717) is 17.8 Å². The van der Waals surface area contributed by atoms with E-state index >= 15 is 0 Å². The molecule has 0 aliphatic rings. The van der Waals surface area contributed by atoms with Crippen molar-refractivity contribution in [3.05, 3.63) is 83.1 Å². The first-order chi connectivity index (χ1) is 15.5. The van der Waals surface area contributed by atoms with Crippen LogP contribution >= 0.6 is 11.6 Å². The first-order valence-electron chi connectivity index (χ1n) is 9.43. The standard InChI is InChI=1S/C21H18ClF3N4O3S/c1-13(14-3-2-10-26-12-14)27-20(30)28-16-5-7-17(8-6-16)29-33(31,32)19-11-15(21(23,24)25)4-9-18(19)22/h2-13,29H,1H3,(H2,27,28,30). The van der Waals surface area contributed by atoms with Gasteiger partial charge in [0.2, 0.25) is 0 Å². The third-order valence-electron chi connectivity index (χ3n) is 4.48. The summed E-state index contributed by atoms with van der Waals surface area (Å²) in [6, 6.07) is 10.4. The molecule has 174 valence electrons. The van der Waals surface area contributed by atoms with Crippen molar-refractivity contribution in [3.63, 3.8) is 0 Å². The molecule has 2 amide bonds. The Labute approximate surface area is 193 Å². The van der Waals surface area contributed by atoms with Gasteiger partial charge < -0.3 is 10.6 Å². The Balaban J connectivity index is 1.67. The third kappa shape index (κ3) is 6.36. The van der Waals surface area contributed by atoms with Gasteiger partial charge in [-0.3, -0.25) is 9.71 Å². The van der Waals surface area contributed by atoms with Gasteiger partial charge in [-0.2, -0.15) is 13.2 Å². The topological polar surface area (TPSA) is 100 Å². The highest BCUT2D eigenvalue weighted by atomic mass is 35.5. The maximum absolute atomic E-state index is 12.9. The summed E-state index contributed by atoms with van der Waals surface area (Å²) in [5, 5.41) is 4.98. The SMILES string of the molecule is CC(NC(=O)Nc1ccc(NS(=O)(=O)c2cc(C(F)(F)F)ccc2Cl)cc1)c1cccnc1. The van der Waals surface area contributed by atoms with Gasteiger partial charge in [0.1, 0.15) is 4.90 Å². The smallest absolute Gasteiger partial charge is 0.331 e. The number of benzene rings is 2. The molecule has 0 radical (unpaired) electrons. The van der Waals surface area contributed by atoms with Gasteiger partial charge in [-0.05, 0) is 61.0 Å². The highest BCUT2D eigenvalue weighted by molar-refractivity contribution is 7.92.